The molecule has 7 heteroatoms. The van der Waals surface area contributed by atoms with Crippen LogP contribution in [0.15, 0.2) is 66.2 Å². The minimum atomic E-state index is -0.470. The number of nitrogens with one attached hydrogen (secondary N) is 2. The third-order valence-corrected chi connectivity index (χ3v) is 5.66. The van der Waals surface area contributed by atoms with Crippen LogP contribution in [0.3, 0.4) is 0 Å². The number of nitrogens with zero attached hydrogens (tertiary/aromatic N) is 3. The van der Waals surface area contributed by atoms with Gasteiger partial charge in [-0.1, -0.05) is 54.2 Å². The van der Waals surface area contributed by atoms with Gasteiger partial charge in [0.1, 0.15) is 22.1 Å². The Kier molecular flexibility index (Phi) is 5.08. The zero-order chi connectivity index (χ0) is 19.5. The number of carbonyl (C=O) groups is 1. The van der Waals surface area contributed by atoms with Gasteiger partial charge in [-0.25, -0.2) is 15.0 Å². The number of carbonyl (C=O) groups excluding carboxylic acids is 1. The van der Waals surface area contributed by atoms with Crippen LogP contribution < -0.4 is 5.32 Å². The SMILES string of the molecule is Cc1ccc(C)c(NC(=O)C(Sc2ncnc3nc[nH]c23)c2ccccc2)c1. The second-order valence-corrected chi connectivity index (χ2v) is 7.59. The predicted molar refractivity (Wildman–Crippen MR) is 111 cm³/mol. The highest BCUT2D eigenvalue weighted by Crippen LogP contribution is 2.37. The first-order valence-corrected chi connectivity index (χ1v) is 9.73. The fourth-order valence-electron chi connectivity index (χ4n) is 2.91. The van der Waals surface area contributed by atoms with E-state index >= 15 is 0 Å². The number of imidazole rings is 1. The molecule has 0 bridgehead atoms. The number of rotatable bonds is 5. The molecule has 0 fully saturated rings. The fourth-order valence-corrected chi connectivity index (χ4v) is 3.97. The van der Waals surface area contributed by atoms with E-state index in [1.54, 1.807) is 6.33 Å². The average Bonchev–Trinajstić information content (AvgIpc) is 3.19. The van der Waals surface area contributed by atoms with E-state index in [4.69, 9.17) is 0 Å². The van der Waals surface area contributed by atoms with Gasteiger partial charge in [-0.15, -0.1) is 0 Å². The summed E-state index contributed by atoms with van der Waals surface area (Å²) < 4.78 is 0. The van der Waals surface area contributed by atoms with Gasteiger partial charge in [-0.3, -0.25) is 4.79 Å². The van der Waals surface area contributed by atoms with Crippen molar-refractivity contribution in [1.82, 2.24) is 19.9 Å². The molecule has 2 aromatic carbocycles. The molecule has 0 saturated heterocycles. The summed E-state index contributed by atoms with van der Waals surface area (Å²) in [4.78, 5) is 29.0. The predicted octanol–water partition coefficient (Wildman–Crippen LogP) is 4.44. The molecule has 2 N–H and O–H groups in total. The summed E-state index contributed by atoms with van der Waals surface area (Å²) >= 11 is 1.38. The number of hydrogen-bond donors (Lipinski definition) is 2. The summed E-state index contributed by atoms with van der Waals surface area (Å²) in [5.41, 5.74) is 5.16. The average molecular weight is 389 g/mol. The molecule has 28 heavy (non-hydrogen) atoms. The highest BCUT2D eigenvalue weighted by Gasteiger charge is 2.24. The van der Waals surface area contributed by atoms with E-state index in [1.807, 2.05) is 62.4 Å². The molecule has 4 aromatic rings. The van der Waals surface area contributed by atoms with Crippen molar-refractivity contribution in [2.45, 2.75) is 24.1 Å². The van der Waals surface area contributed by atoms with Gasteiger partial charge in [0, 0.05) is 5.69 Å². The molecule has 140 valence electrons. The van der Waals surface area contributed by atoms with Crippen molar-refractivity contribution < 1.29 is 4.79 Å². The minimum absolute atomic E-state index is 0.101. The molecule has 0 spiro atoms. The van der Waals surface area contributed by atoms with E-state index in [-0.39, 0.29) is 5.91 Å². The van der Waals surface area contributed by atoms with Crippen LogP contribution in [-0.2, 0) is 4.79 Å². The number of aryl methyl sites for hydroxylation is 2. The van der Waals surface area contributed by atoms with Crippen molar-refractivity contribution in [3.05, 3.63) is 77.9 Å². The third kappa shape index (κ3) is 3.75. The van der Waals surface area contributed by atoms with Crippen LogP contribution in [0.4, 0.5) is 5.69 Å². The van der Waals surface area contributed by atoms with Crippen molar-refractivity contribution in [1.29, 1.82) is 0 Å². The van der Waals surface area contributed by atoms with Gasteiger partial charge in [-0.05, 0) is 36.6 Å². The molecule has 0 radical (unpaired) electrons. The molecule has 1 amide bonds. The van der Waals surface area contributed by atoms with Crippen LogP contribution in [0, 0.1) is 13.8 Å². The van der Waals surface area contributed by atoms with Gasteiger partial charge in [0.2, 0.25) is 5.91 Å². The topological polar surface area (TPSA) is 83.6 Å². The number of hydrogen-bond acceptors (Lipinski definition) is 5. The molecule has 0 aliphatic heterocycles. The number of H-pyrrole nitrogens is 1. The second kappa shape index (κ2) is 7.82. The lowest BCUT2D eigenvalue weighted by molar-refractivity contribution is -0.115. The summed E-state index contributed by atoms with van der Waals surface area (Å²) in [6.45, 7) is 3.99. The first kappa shape index (κ1) is 18.2. The lowest BCUT2D eigenvalue weighted by atomic mass is 10.1. The molecule has 2 heterocycles. The zero-order valence-electron chi connectivity index (χ0n) is 15.5. The maximum Gasteiger partial charge on any atom is 0.242 e. The van der Waals surface area contributed by atoms with E-state index in [0.29, 0.717) is 10.7 Å². The Morgan fingerprint density at radius 1 is 1.07 bits per heavy atom. The van der Waals surface area contributed by atoms with Crippen LogP contribution in [0.2, 0.25) is 0 Å². The number of thioether (sulfide) groups is 1. The van der Waals surface area contributed by atoms with Crippen LogP contribution >= 0.6 is 11.8 Å². The summed E-state index contributed by atoms with van der Waals surface area (Å²) in [6.07, 6.45) is 3.05. The van der Waals surface area contributed by atoms with E-state index < -0.39 is 5.25 Å². The van der Waals surface area contributed by atoms with Crippen LogP contribution in [-0.4, -0.2) is 25.8 Å². The Labute approximate surface area is 166 Å². The van der Waals surface area contributed by atoms with E-state index in [2.05, 4.69) is 25.3 Å². The molecule has 0 saturated carbocycles. The van der Waals surface area contributed by atoms with Gasteiger partial charge in [-0.2, -0.15) is 0 Å². The van der Waals surface area contributed by atoms with Crippen LogP contribution in [0.1, 0.15) is 21.9 Å². The standard InChI is InChI=1S/C21H19N5OS/c1-13-8-9-14(2)16(10-13)26-20(27)18(15-6-4-3-5-7-15)28-21-17-19(23-11-22-17)24-12-25-21/h3-12,18H,1-2H3,(H,26,27)(H,22,23,24,25). The molecular weight excluding hydrogens is 370 g/mol. The Balaban J connectivity index is 1.69. The first-order chi connectivity index (χ1) is 13.6. The van der Waals surface area contributed by atoms with Crippen LogP contribution in [0.5, 0.6) is 0 Å². The van der Waals surface area contributed by atoms with Gasteiger partial charge in [0.15, 0.2) is 5.65 Å². The van der Waals surface area contributed by atoms with E-state index in [0.717, 1.165) is 27.9 Å². The maximum absolute atomic E-state index is 13.3. The third-order valence-electron chi connectivity index (χ3n) is 4.41. The second-order valence-electron chi connectivity index (χ2n) is 6.50. The monoisotopic (exact) mass is 389 g/mol. The Morgan fingerprint density at radius 3 is 2.71 bits per heavy atom. The van der Waals surface area contributed by atoms with Crippen LogP contribution in [0.25, 0.3) is 11.2 Å². The number of fused-ring (bicyclic) bond motifs is 1. The summed E-state index contributed by atoms with van der Waals surface area (Å²) in [6, 6.07) is 15.7. The molecule has 0 aliphatic rings. The number of aromatic amines is 1. The van der Waals surface area contributed by atoms with E-state index in [1.165, 1.54) is 18.1 Å². The molecule has 6 nitrogen and oxygen atoms in total. The molecule has 1 atom stereocenters. The number of aromatic nitrogens is 4. The molecule has 2 aromatic heterocycles. The minimum Gasteiger partial charge on any atom is -0.341 e. The lowest BCUT2D eigenvalue weighted by Gasteiger charge is -2.18. The smallest absolute Gasteiger partial charge is 0.242 e. The number of amides is 1. The molecule has 0 aliphatic carbocycles. The first-order valence-electron chi connectivity index (χ1n) is 8.85. The molecular formula is C21H19N5OS. The van der Waals surface area contributed by atoms with Crippen molar-refractivity contribution in [3.63, 3.8) is 0 Å². The van der Waals surface area contributed by atoms with Gasteiger partial charge < -0.3 is 10.3 Å². The van der Waals surface area contributed by atoms with Crippen molar-refractivity contribution in [2.75, 3.05) is 5.32 Å². The number of anilines is 1. The quantitative estimate of drug-likeness (QED) is 0.389. The highest BCUT2D eigenvalue weighted by molar-refractivity contribution is 8.00. The van der Waals surface area contributed by atoms with Gasteiger partial charge in [0.05, 0.1) is 6.33 Å². The maximum atomic E-state index is 13.3. The van der Waals surface area contributed by atoms with Crippen molar-refractivity contribution >= 4 is 34.5 Å². The van der Waals surface area contributed by atoms with Gasteiger partial charge >= 0.3 is 0 Å². The normalized spacial score (nSPS) is 12.1. The summed E-state index contributed by atoms with van der Waals surface area (Å²) in [5.74, 6) is -0.101. The van der Waals surface area contributed by atoms with E-state index in [9.17, 15) is 4.79 Å². The highest BCUT2D eigenvalue weighted by atomic mass is 32.2. The largest absolute Gasteiger partial charge is 0.341 e. The lowest BCUT2D eigenvalue weighted by Crippen LogP contribution is -2.20. The summed E-state index contributed by atoms with van der Waals surface area (Å²) in [7, 11) is 0. The van der Waals surface area contributed by atoms with Crippen molar-refractivity contribution in [3.8, 4) is 0 Å². The zero-order valence-corrected chi connectivity index (χ0v) is 16.3. The van der Waals surface area contributed by atoms with Gasteiger partial charge in [0.25, 0.3) is 0 Å². The Bertz CT molecular complexity index is 1130. The van der Waals surface area contributed by atoms with Crippen molar-refractivity contribution in [2.24, 2.45) is 0 Å². The molecule has 1 unspecified atom stereocenters. The fraction of sp³-hybridized carbons (Fsp3) is 0.143. The Morgan fingerprint density at radius 2 is 1.89 bits per heavy atom. The Hall–Kier alpha value is -3.19. The summed E-state index contributed by atoms with van der Waals surface area (Å²) in [5, 5.41) is 3.30. The number of benzene rings is 2. The molecule has 4 rings (SSSR count).